The maximum Gasteiger partial charge on any atom is 0.0797 e. The molecule has 4 heteroatoms. The molecule has 0 spiro atoms. The van der Waals surface area contributed by atoms with Crippen LogP contribution < -0.4 is 5.32 Å². The van der Waals surface area contributed by atoms with Gasteiger partial charge in [0.1, 0.15) is 0 Å². The Morgan fingerprint density at radius 1 is 1.31 bits per heavy atom. The van der Waals surface area contributed by atoms with E-state index in [1.165, 1.54) is 14.1 Å². The number of halogens is 1. The van der Waals surface area contributed by atoms with Crippen molar-refractivity contribution in [1.29, 1.82) is 0 Å². The normalized spacial score (nSPS) is 10.4. The van der Waals surface area contributed by atoms with Crippen molar-refractivity contribution in [3.8, 4) is 0 Å². The fraction of sp³-hybridized carbons (Fsp3) is 0.250. The van der Waals surface area contributed by atoms with Crippen molar-refractivity contribution in [3.63, 3.8) is 0 Å². The van der Waals surface area contributed by atoms with Gasteiger partial charge in [0.05, 0.1) is 11.2 Å². The summed E-state index contributed by atoms with van der Waals surface area (Å²) in [6.07, 6.45) is 1.04. The summed E-state index contributed by atoms with van der Waals surface area (Å²) in [4.78, 5) is 5.62. The number of hydrogen-bond donors (Lipinski definition) is 1. The fourth-order valence-electron chi connectivity index (χ4n) is 1.45. The van der Waals surface area contributed by atoms with E-state index < -0.39 is 0 Å². The van der Waals surface area contributed by atoms with E-state index in [4.69, 9.17) is 0 Å². The Labute approximate surface area is 113 Å². The largest absolute Gasteiger partial charge is 0.385 e. The maximum absolute atomic E-state index is 4.24. The zero-order valence-electron chi connectivity index (χ0n) is 9.03. The first kappa shape index (κ1) is 11.9. The number of nitrogens with zero attached hydrogens (tertiary/aromatic N) is 1. The Morgan fingerprint density at radius 3 is 2.69 bits per heavy atom. The van der Waals surface area contributed by atoms with Crippen LogP contribution in [0.4, 0.5) is 5.69 Å². The summed E-state index contributed by atoms with van der Waals surface area (Å²) < 4.78 is 1.27. The van der Waals surface area contributed by atoms with E-state index in [2.05, 4.69) is 64.1 Å². The molecule has 1 aromatic carbocycles. The lowest BCUT2D eigenvalue weighted by molar-refractivity contribution is 1.02. The highest BCUT2D eigenvalue weighted by molar-refractivity contribution is 14.1. The van der Waals surface area contributed by atoms with E-state index in [1.807, 2.05) is 5.51 Å². The van der Waals surface area contributed by atoms with Gasteiger partial charge in [-0.3, -0.25) is 0 Å². The molecule has 0 saturated heterocycles. The molecule has 0 aliphatic carbocycles. The second-order valence-electron chi connectivity index (χ2n) is 3.54. The van der Waals surface area contributed by atoms with Gasteiger partial charge in [0.25, 0.3) is 0 Å². The maximum atomic E-state index is 4.24. The predicted molar refractivity (Wildman–Crippen MR) is 78.2 cm³/mol. The molecule has 0 aliphatic rings. The van der Waals surface area contributed by atoms with Crippen molar-refractivity contribution in [1.82, 2.24) is 4.98 Å². The lowest BCUT2D eigenvalue weighted by Crippen LogP contribution is -2.04. The van der Waals surface area contributed by atoms with E-state index in [-0.39, 0.29) is 0 Å². The van der Waals surface area contributed by atoms with Gasteiger partial charge in [0.15, 0.2) is 0 Å². The Balaban J connectivity index is 1.84. The van der Waals surface area contributed by atoms with Crippen LogP contribution in [0.3, 0.4) is 0 Å². The smallest absolute Gasteiger partial charge is 0.0797 e. The molecule has 0 saturated carbocycles. The fourth-order valence-corrected chi connectivity index (χ4v) is 2.60. The van der Waals surface area contributed by atoms with Gasteiger partial charge in [-0.2, -0.15) is 0 Å². The van der Waals surface area contributed by atoms with Crippen LogP contribution in [0.5, 0.6) is 0 Å². The summed E-state index contributed by atoms with van der Waals surface area (Å²) in [6, 6.07) is 8.45. The molecule has 2 aromatic rings. The molecule has 84 valence electrons. The molecule has 0 aliphatic heterocycles. The first-order valence-corrected chi connectivity index (χ1v) is 7.10. The average Bonchev–Trinajstić information content (AvgIpc) is 2.68. The highest BCUT2D eigenvalue weighted by Crippen LogP contribution is 2.14. The molecule has 0 atom stereocenters. The molecule has 1 aromatic heterocycles. The molecule has 1 N–H and O–H groups in total. The monoisotopic (exact) mass is 344 g/mol. The van der Waals surface area contributed by atoms with Crippen LogP contribution >= 0.6 is 33.9 Å². The van der Waals surface area contributed by atoms with Crippen molar-refractivity contribution in [2.75, 3.05) is 11.9 Å². The number of aryl methyl sites for hydroxylation is 1. The number of nitrogens with one attached hydrogen (secondary N) is 1. The summed E-state index contributed by atoms with van der Waals surface area (Å²) in [5, 5.41) is 3.41. The van der Waals surface area contributed by atoms with Crippen LogP contribution in [0.15, 0.2) is 29.8 Å². The van der Waals surface area contributed by atoms with Crippen LogP contribution in [0.25, 0.3) is 0 Å². The third-order valence-electron chi connectivity index (χ3n) is 2.37. The zero-order chi connectivity index (χ0) is 11.4. The Hall–Kier alpha value is -0.620. The Bertz CT molecular complexity index is 450. The van der Waals surface area contributed by atoms with Crippen molar-refractivity contribution < 1.29 is 0 Å². The van der Waals surface area contributed by atoms with E-state index in [0.717, 1.165) is 18.7 Å². The highest BCUT2D eigenvalue weighted by atomic mass is 127. The van der Waals surface area contributed by atoms with Gasteiger partial charge in [0, 0.05) is 27.1 Å². The van der Waals surface area contributed by atoms with Gasteiger partial charge in [-0.05, 0) is 53.8 Å². The molecule has 2 nitrogen and oxygen atoms in total. The number of thiazole rings is 1. The third kappa shape index (κ3) is 3.18. The van der Waals surface area contributed by atoms with Crippen LogP contribution in [0.1, 0.15) is 10.6 Å². The summed E-state index contributed by atoms with van der Waals surface area (Å²) in [5.74, 6) is 0. The van der Waals surface area contributed by atoms with E-state index in [0.29, 0.717) is 0 Å². The quantitative estimate of drug-likeness (QED) is 0.856. The van der Waals surface area contributed by atoms with Crippen LogP contribution in [-0.4, -0.2) is 11.5 Å². The average molecular weight is 344 g/mol. The lowest BCUT2D eigenvalue weighted by Gasteiger charge is -2.05. The lowest BCUT2D eigenvalue weighted by atomic mass is 10.3. The first-order valence-electron chi connectivity index (χ1n) is 5.14. The van der Waals surface area contributed by atoms with E-state index in [1.54, 1.807) is 11.3 Å². The second kappa shape index (κ2) is 5.63. The van der Waals surface area contributed by atoms with Crippen LogP contribution in [0.2, 0.25) is 0 Å². The van der Waals surface area contributed by atoms with E-state index in [9.17, 15) is 0 Å². The molecule has 0 fully saturated rings. The molecule has 0 unspecified atom stereocenters. The van der Waals surface area contributed by atoms with Gasteiger partial charge in [-0.15, -0.1) is 11.3 Å². The molecule has 16 heavy (non-hydrogen) atoms. The second-order valence-corrected chi connectivity index (χ2v) is 5.73. The number of rotatable bonds is 4. The molecular weight excluding hydrogens is 331 g/mol. The summed E-state index contributed by atoms with van der Waals surface area (Å²) in [7, 11) is 0. The zero-order valence-corrected chi connectivity index (χ0v) is 12.0. The SMILES string of the molecule is Cc1ncsc1CCNc1ccc(I)cc1. The number of aromatic nitrogens is 1. The topological polar surface area (TPSA) is 24.9 Å². The third-order valence-corrected chi connectivity index (χ3v) is 4.08. The number of benzene rings is 1. The summed E-state index contributed by atoms with van der Waals surface area (Å²) in [5.41, 5.74) is 4.26. The van der Waals surface area contributed by atoms with Crippen molar-refractivity contribution in [3.05, 3.63) is 43.9 Å². The highest BCUT2D eigenvalue weighted by Gasteiger charge is 2.00. The summed E-state index contributed by atoms with van der Waals surface area (Å²) in [6.45, 7) is 3.03. The minimum absolute atomic E-state index is 0.962. The van der Waals surface area contributed by atoms with E-state index >= 15 is 0 Å². The van der Waals surface area contributed by atoms with Gasteiger partial charge < -0.3 is 5.32 Å². The van der Waals surface area contributed by atoms with Gasteiger partial charge in [0.2, 0.25) is 0 Å². The first-order chi connectivity index (χ1) is 7.75. The van der Waals surface area contributed by atoms with Crippen LogP contribution in [-0.2, 0) is 6.42 Å². The van der Waals surface area contributed by atoms with Crippen LogP contribution in [0, 0.1) is 10.5 Å². The molecular formula is C12H13IN2S. The Kier molecular flexibility index (Phi) is 4.17. The summed E-state index contributed by atoms with van der Waals surface area (Å²) >= 11 is 4.05. The standard InChI is InChI=1S/C12H13IN2S/c1-9-12(16-8-15-9)6-7-14-11-4-2-10(13)3-5-11/h2-5,8,14H,6-7H2,1H3. The molecule has 0 amide bonds. The van der Waals surface area contributed by atoms with Crippen molar-refractivity contribution in [2.24, 2.45) is 0 Å². The van der Waals surface area contributed by atoms with Gasteiger partial charge >= 0.3 is 0 Å². The minimum atomic E-state index is 0.962. The minimum Gasteiger partial charge on any atom is -0.385 e. The van der Waals surface area contributed by atoms with Crippen molar-refractivity contribution >= 4 is 39.6 Å². The molecule has 0 bridgehead atoms. The van der Waals surface area contributed by atoms with Gasteiger partial charge in [-0.1, -0.05) is 0 Å². The molecule has 0 radical (unpaired) electrons. The predicted octanol–water partition coefficient (Wildman–Crippen LogP) is 3.71. The molecule has 2 rings (SSSR count). The number of anilines is 1. The van der Waals surface area contributed by atoms with Gasteiger partial charge in [-0.25, -0.2) is 4.98 Å². The Morgan fingerprint density at radius 2 is 2.06 bits per heavy atom. The van der Waals surface area contributed by atoms with Crippen molar-refractivity contribution in [2.45, 2.75) is 13.3 Å². The number of hydrogen-bond acceptors (Lipinski definition) is 3. The molecule has 1 heterocycles.